The Bertz CT molecular complexity index is 694. The van der Waals surface area contributed by atoms with E-state index in [0.717, 1.165) is 23.7 Å². The molecular weight excluding hydrogens is 312 g/mol. The van der Waals surface area contributed by atoms with Crippen molar-refractivity contribution in [3.8, 4) is 11.1 Å². The highest BCUT2D eigenvalue weighted by molar-refractivity contribution is 5.64. The summed E-state index contributed by atoms with van der Waals surface area (Å²) in [6.07, 6.45) is 11.7. The van der Waals surface area contributed by atoms with Crippen molar-refractivity contribution >= 4 is 0 Å². The molecule has 2 saturated carbocycles. The maximum Gasteiger partial charge on any atom is -0.0159 e. The van der Waals surface area contributed by atoms with E-state index in [1.54, 1.807) is 5.56 Å². The third-order valence-corrected chi connectivity index (χ3v) is 7.19. The molecule has 2 aliphatic carbocycles. The molecule has 0 aliphatic heterocycles. The van der Waals surface area contributed by atoms with Crippen molar-refractivity contribution in [2.45, 2.75) is 71.1 Å². The van der Waals surface area contributed by atoms with Crippen LogP contribution in [0.3, 0.4) is 0 Å². The first kappa shape index (κ1) is 17.8. The van der Waals surface area contributed by atoms with Crippen LogP contribution in [-0.4, -0.2) is 0 Å². The molecule has 2 aromatic carbocycles. The van der Waals surface area contributed by atoms with Gasteiger partial charge >= 0.3 is 0 Å². The summed E-state index contributed by atoms with van der Waals surface area (Å²) >= 11 is 0. The van der Waals surface area contributed by atoms with E-state index in [4.69, 9.17) is 0 Å². The Morgan fingerprint density at radius 3 is 2.04 bits per heavy atom. The zero-order valence-electron chi connectivity index (χ0n) is 16.6. The summed E-state index contributed by atoms with van der Waals surface area (Å²) in [5, 5.41) is 0. The zero-order valence-corrected chi connectivity index (χ0v) is 16.6. The molecule has 0 saturated heterocycles. The van der Waals surface area contributed by atoms with Gasteiger partial charge in [-0.05, 0) is 79.4 Å². The summed E-state index contributed by atoms with van der Waals surface area (Å²) in [6.45, 7) is 4.50. The predicted molar refractivity (Wildman–Crippen MR) is 112 cm³/mol. The van der Waals surface area contributed by atoms with Gasteiger partial charge in [-0.15, -0.1) is 0 Å². The molecule has 0 N–H and O–H groups in total. The standard InChI is InChI=1S/C26H34/c1-3-4-20-7-10-26-18-25(16-15-24(26)17-20)23-13-11-22(12-14-23)21-8-5-19(2)6-9-21/h5-6,8-9,11-14,20,24-26H,3-4,7,10,15-18H2,1-2H3/t20?,24-,25-,26-/m1/s1. The van der Waals surface area contributed by atoms with Crippen LogP contribution in [-0.2, 0) is 0 Å². The van der Waals surface area contributed by atoms with Gasteiger partial charge in [0.1, 0.15) is 0 Å². The monoisotopic (exact) mass is 346 g/mol. The Labute approximate surface area is 160 Å². The van der Waals surface area contributed by atoms with Crippen molar-refractivity contribution in [3.63, 3.8) is 0 Å². The normalized spacial score (nSPS) is 28.5. The lowest BCUT2D eigenvalue weighted by Gasteiger charge is -2.42. The van der Waals surface area contributed by atoms with Gasteiger partial charge in [0, 0.05) is 0 Å². The fourth-order valence-corrected chi connectivity index (χ4v) is 5.65. The Hall–Kier alpha value is -1.56. The SMILES string of the molecule is CCCC1CC[C@@H]2C[C@H](c3ccc(-c4ccc(C)cc4)cc3)CC[C@@H]2C1. The molecule has 0 amide bonds. The number of fused-ring (bicyclic) bond motifs is 1. The van der Waals surface area contributed by atoms with Crippen molar-refractivity contribution in [3.05, 3.63) is 59.7 Å². The molecule has 4 atom stereocenters. The lowest BCUT2D eigenvalue weighted by Crippen LogP contribution is -2.30. The minimum absolute atomic E-state index is 0.797. The summed E-state index contributed by atoms with van der Waals surface area (Å²) in [4.78, 5) is 0. The lowest BCUT2D eigenvalue weighted by atomic mass is 9.63. The number of benzene rings is 2. The first-order valence-electron chi connectivity index (χ1n) is 10.9. The van der Waals surface area contributed by atoms with Gasteiger partial charge in [0.25, 0.3) is 0 Å². The van der Waals surface area contributed by atoms with E-state index < -0.39 is 0 Å². The van der Waals surface area contributed by atoms with E-state index in [9.17, 15) is 0 Å². The molecule has 138 valence electrons. The molecule has 2 aromatic rings. The predicted octanol–water partition coefficient (Wildman–Crippen LogP) is 7.76. The van der Waals surface area contributed by atoms with E-state index in [-0.39, 0.29) is 0 Å². The highest BCUT2D eigenvalue weighted by atomic mass is 14.4. The number of rotatable bonds is 4. The van der Waals surface area contributed by atoms with Gasteiger partial charge in [0.2, 0.25) is 0 Å². The van der Waals surface area contributed by atoms with Crippen molar-refractivity contribution in [2.75, 3.05) is 0 Å². The van der Waals surface area contributed by atoms with Crippen LogP contribution >= 0.6 is 0 Å². The van der Waals surface area contributed by atoms with Crippen molar-refractivity contribution in [1.82, 2.24) is 0 Å². The van der Waals surface area contributed by atoms with Crippen molar-refractivity contribution < 1.29 is 0 Å². The molecule has 1 unspecified atom stereocenters. The summed E-state index contributed by atoms with van der Waals surface area (Å²) in [6, 6.07) is 18.4. The van der Waals surface area contributed by atoms with E-state index in [1.807, 2.05) is 0 Å². The number of hydrogen-bond donors (Lipinski definition) is 0. The van der Waals surface area contributed by atoms with Crippen LogP contribution in [0.25, 0.3) is 11.1 Å². The topological polar surface area (TPSA) is 0 Å². The van der Waals surface area contributed by atoms with Gasteiger partial charge in [0.05, 0.1) is 0 Å². The molecule has 0 aromatic heterocycles. The average molecular weight is 347 g/mol. The van der Waals surface area contributed by atoms with Gasteiger partial charge in [-0.1, -0.05) is 80.3 Å². The second kappa shape index (κ2) is 7.99. The van der Waals surface area contributed by atoms with E-state index in [1.165, 1.54) is 68.1 Å². The van der Waals surface area contributed by atoms with Gasteiger partial charge in [-0.25, -0.2) is 0 Å². The Morgan fingerprint density at radius 2 is 1.35 bits per heavy atom. The first-order chi connectivity index (χ1) is 12.7. The second-order valence-corrected chi connectivity index (χ2v) is 8.99. The van der Waals surface area contributed by atoms with Crippen LogP contribution in [0.4, 0.5) is 0 Å². The zero-order chi connectivity index (χ0) is 17.9. The summed E-state index contributed by atoms with van der Waals surface area (Å²) < 4.78 is 0. The number of hydrogen-bond acceptors (Lipinski definition) is 0. The van der Waals surface area contributed by atoms with E-state index in [0.29, 0.717) is 0 Å². The molecular formula is C26H34. The van der Waals surface area contributed by atoms with Gasteiger partial charge in [-0.2, -0.15) is 0 Å². The lowest BCUT2D eigenvalue weighted by molar-refractivity contribution is 0.114. The van der Waals surface area contributed by atoms with Gasteiger partial charge in [-0.3, -0.25) is 0 Å². The Balaban J connectivity index is 1.40. The van der Waals surface area contributed by atoms with Crippen molar-refractivity contribution in [2.24, 2.45) is 17.8 Å². The van der Waals surface area contributed by atoms with Crippen LogP contribution in [0.2, 0.25) is 0 Å². The van der Waals surface area contributed by atoms with Crippen LogP contribution in [0, 0.1) is 24.7 Å². The molecule has 0 radical (unpaired) electrons. The third-order valence-electron chi connectivity index (χ3n) is 7.19. The maximum absolute atomic E-state index is 2.41. The number of aryl methyl sites for hydroxylation is 1. The van der Waals surface area contributed by atoms with Crippen molar-refractivity contribution in [1.29, 1.82) is 0 Å². The van der Waals surface area contributed by atoms with E-state index >= 15 is 0 Å². The molecule has 0 bridgehead atoms. The minimum Gasteiger partial charge on any atom is -0.0654 e. The third kappa shape index (κ3) is 3.90. The highest BCUT2D eigenvalue weighted by Crippen LogP contribution is 2.48. The molecule has 4 rings (SSSR count). The fraction of sp³-hybridized carbons (Fsp3) is 0.538. The van der Waals surface area contributed by atoms with Crippen LogP contribution in [0.1, 0.15) is 75.3 Å². The minimum atomic E-state index is 0.797. The van der Waals surface area contributed by atoms with Crippen LogP contribution in [0.15, 0.2) is 48.5 Å². The molecule has 0 nitrogen and oxygen atoms in total. The molecule has 26 heavy (non-hydrogen) atoms. The summed E-state index contributed by atoms with van der Waals surface area (Å²) in [5.41, 5.74) is 5.59. The molecule has 0 heteroatoms. The molecule has 2 fully saturated rings. The van der Waals surface area contributed by atoms with Crippen LogP contribution < -0.4 is 0 Å². The van der Waals surface area contributed by atoms with Crippen LogP contribution in [0.5, 0.6) is 0 Å². The Kier molecular flexibility index (Phi) is 5.48. The van der Waals surface area contributed by atoms with Gasteiger partial charge in [0.15, 0.2) is 0 Å². The maximum atomic E-state index is 2.41. The fourth-order valence-electron chi connectivity index (χ4n) is 5.65. The Morgan fingerprint density at radius 1 is 0.731 bits per heavy atom. The first-order valence-corrected chi connectivity index (χ1v) is 10.9. The quantitative estimate of drug-likeness (QED) is 0.530. The average Bonchev–Trinajstić information content (AvgIpc) is 2.69. The van der Waals surface area contributed by atoms with E-state index in [2.05, 4.69) is 62.4 Å². The van der Waals surface area contributed by atoms with Gasteiger partial charge < -0.3 is 0 Å². The summed E-state index contributed by atoms with van der Waals surface area (Å²) in [5.74, 6) is 3.86. The summed E-state index contributed by atoms with van der Waals surface area (Å²) in [7, 11) is 0. The molecule has 0 spiro atoms. The highest BCUT2D eigenvalue weighted by Gasteiger charge is 2.35. The largest absolute Gasteiger partial charge is 0.0654 e. The smallest absolute Gasteiger partial charge is 0.0159 e. The second-order valence-electron chi connectivity index (χ2n) is 8.99. The molecule has 2 aliphatic rings. The molecule has 0 heterocycles.